The molecular formula is C18H26N6. The van der Waals surface area contributed by atoms with Crippen molar-refractivity contribution in [1.82, 2.24) is 30.4 Å². The van der Waals surface area contributed by atoms with Gasteiger partial charge in [0.1, 0.15) is 6.33 Å². The van der Waals surface area contributed by atoms with Crippen LogP contribution in [0.25, 0.3) is 5.69 Å². The molecule has 2 unspecified atom stereocenters. The number of piperidine rings is 1. The first-order valence-corrected chi connectivity index (χ1v) is 8.67. The molecule has 2 atom stereocenters. The van der Waals surface area contributed by atoms with Crippen molar-refractivity contribution in [2.75, 3.05) is 26.2 Å². The molecule has 24 heavy (non-hydrogen) atoms. The van der Waals surface area contributed by atoms with Gasteiger partial charge in [-0.1, -0.05) is 18.2 Å². The van der Waals surface area contributed by atoms with Crippen molar-refractivity contribution in [3.05, 3.63) is 48.8 Å². The van der Waals surface area contributed by atoms with E-state index in [1.807, 2.05) is 12.1 Å². The summed E-state index contributed by atoms with van der Waals surface area (Å²) in [6, 6.07) is 8.75. The maximum Gasteiger partial charge on any atom is 0.143 e. The number of hydrogen-bond acceptors (Lipinski definition) is 5. The number of nitrogens with one attached hydrogen (secondary N) is 1. The Bertz CT molecular complexity index is 633. The van der Waals surface area contributed by atoms with Crippen LogP contribution in [-0.2, 0) is 0 Å². The van der Waals surface area contributed by atoms with E-state index in [1.165, 1.54) is 18.4 Å². The average molecular weight is 326 g/mol. The van der Waals surface area contributed by atoms with Crippen LogP contribution in [0.4, 0.5) is 0 Å². The second kappa shape index (κ2) is 8.17. The molecule has 1 aromatic heterocycles. The first kappa shape index (κ1) is 16.8. The highest BCUT2D eigenvalue weighted by molar-refractivity contribution is 5.35. The number of tetrazole rings is 1. The molecule has 1 N–H and O–H groups in total. The lowest BCUT2D eigenvalue weighted by Crippen LogP contribution is -2.39. The van der Waals surface area contributed by atoms with Crippen LogP contribution in [0.5, 0.6) is 0 Å². The molecular weight excluding hydrogens is 300 g/mol. The minimum Gasteiger partial charge on any atom is -0.316 e. The van der Waals surface area contributed by atoms with E-state index in [4.69, 9.17) is 0 Å². The molecule has 0 radical (unpaired) electrons. The summed E-state index contributed by atoms with van der Waals surface area (Å²) in [6.45, 7) is 10.5. The number of benzene rings is 1. The van der Waals surface area contributed by atoms with Crippen LogP contribution in [0.2, 0.25) is 0 Å². The molecule has 1 aliphatic rings. The summed E-state index contributed by atoms with van der Waals surface area (Å²) in [7, 11) is 0. The van der Waals surface area contributed by atoms with Gasteiger partial charge in [0.05, 0.1) is 5.69 Å². The Labute approximate surface area is 143 Å². The van der Waals surface area contributed by atoms with Crippen molar-refractivity contribution in [3.63, 3.8) is 0 Å². The van der Waals surface area contributed by atoms with Crippen LogP contribution in [0, 0.1) is 5.92 Å². The summed E-state index contributed by atoms with van der Waals surface area (Å²) in [5.41, 5.74) is 2.26. The van der Waals surface area contributed by atoms with Crippen molar-refractivity contribution in [3.8, 4) is 5.69 Å². The molecule has 1 saturated heterocycles. The normalized spacial score (nSPS) is 19.3. The topological polar surface area (TPSA) is 58.9 Å². The van der Waals surface area contributed by atoms with Crippen LogP contribution in [0.3, 0.4) is 0 Å². The minimum atomic E-state index is 0.321. The van der Waals surface area contributed by atoms with Gasteiger partial charge in [0.25, 0.3) is 0 Å². The summed E-state index contributed by atoms with van der Waals surface area (Å²) < 4.78 is 1.69. The van der Waals surface area contributed by atoms with E-state index < -0.39 is 0 Å². The zero-order chi connectivity index (χ0) is 16.8. The van der Waals surface area contributed by atoms with Gasteiger partial charge >= 0.3 is 0 Å². The van der Waals surface area contributed by atoms with Gasteiger partial charge in [-0.15, -0.1) is 11.7 Å². The third-order valence-corrected chi connectivity index (χ3v) is 4.77. The number of aromatic nitrogens is 4. The van der Waals surface area contributed by atoms with E-state index in [2.05, 4.69) is 57.4 Å². The maximum atomic E-state index is 3.98. The van der Waals surface area contributed by atoms with Crippen molar-refractivity contribution >= 4 is 0 Å². The quantitative estimate of drug-likeness (QED) is 0.791. The Morgan fingerprint density at radius 1 is 1.50 bits per heavy atom. The largest absolute Gasteiger partial charge is 0.316 e. The molecule has 0 amide bonds. The standard InChI is InChI=1S/C18H26N6/c1-3-10-23(13-16-6-5-9-19-12-16)15(2)17-7-4-8-18(11-17)24-14-20-21-22-24/h3-4,7-8,11,14-16,19H,1,5-6,9-10,12-13H2,2H3. The fourth-order valence-electron chi connectivity index (χ4n) is 3.39. The molecule has 0 spiro atoms. The number of nitrogens with zero attached hydrogens (tertiary/aromatic N) is 5. The lowest BCUT2D eigenvalue weighted by atomic mass is 9.97. The van der Waals surface area contributed by atoms with Gasteiger partial charge in [-0.25, -0.2) is 4.68 Å². The molecule has 1 aromatic carbocycles. The van der Waals surface area contributed by atoms with E-state index in [-0.39, 0.29) is 0 Å². The molecule has 6 nitrogen and oxygen atoms in total. The van der Waals surface area contributed by atoms with Crippen molar-refractivity contribution in [2.45, 2.75) is 25.8 Å². The van der Waals surface area contributed by atoms with Gasteiger partial charge in [-0.2, -0.15) is 0 Å². The summed E-state index contributed by atoms with van der Waals surface area (Å²) in [5.74, 6) is 0.712. The van der Waals surface area contributed by atoms with Gasteiger partial charge in [-0.05, 0) is 66.9 Å². The highest BCUT2D eigenvalue weighted by atomic mass is 15.5. The van der Waals surface area contributed by atoms with Crippen LogP contribution >= 0.6 is 0 Å². The van der Waals surface area contributed by atoms with E-state index in [0.717, 1.165) is 31.9 Å². The highest BCUT2D eigenvalue weighted by Crippen LogP contribution is 2.24. The zero-order valence-electron chi connectivity index (χ0n) is 14.3. The molecule has 1 aliphatic heterocycles. The number of hydrogen-bond donors (Lipinski definition) is 1. The molecule has 0 saturated carbocycles. The fourth-order valence-corrected chi connectivity index (χ4v) is 3.39. The molecule has 128 valence electrons. The third kappa shape index (κ3) is 4.07. The summed E-state index contributed by atoms with van der Waals surface area (Å²) in [4.78, 5) is 2.50. The molecule has 0 aliphatic carbocycles. The molecule has 6 heteroatoms. The maximum absolute atomic E-state index is 3.98. The van der Waals surface area contributed by atoms with Gasteiger partial charge in [0.15, 0.2) is 0 Å². The third-order valence-electron chi connectivity index (χ3n) is 4.77. The SMILES string of the molecule is C=CCN(CC1CCCNC1)C(C)c1cccc(-n2cnnn2)c1. The minimum absolute atomic E-state index is 0.321. The van der Waals surface area contributed by atoms with E-state index >= 15 is 0 Å². The molecule has 1 fully saturated rings. The van der Waals surface area contributed by atoms with E-state index in [0.29, 0.717) is 12.0 Å². The van der Waals surface area contributed by atoms with Crippen molar-refractivity contribution < 1.29 is 0 Å². The summed E-state index contributed by atoms with van der Waals surface area (Å²) in [6.07, 6.45) is 6.20. The van der Waals surface area contributed by atoms with Gasteiger partial charge in [-0.3, -0.25) is 4.90 Å². The first-order valence-electron chi connectivity index (χ1n) is 8.67. The van der Waals surface area contributed by atoms with Crippen molar-refractivity contribution in [1.29, 1.82) is 0 Å². The Hall–Kier alpha value is -2.05. The van der Waals surface area contributed by atoms with Gasteiger partial charge < -0.3 is 5.32 Å². The highest BCUT2D eigenvalue weighted by Gasteiger charge is 2.21. The first-order chi connectivity index (χ1) is 11.8. The van der Waals surface area contributed by atoms with Crippen LogP contribution in [-0.4, -0.2) is 51.3 Å². The van der Waals surface area contributed by atoms with E-state index in [9.17, 15) is 0 Å². The van der Waals surface area contributed by atoms with Crippen LogP contribution in [0.15, 0.2) is 43.2 Å². The van der Waals surface area contributed by atoms with Gasteiger partial charge in [0, 0.05) is 19.1 Å². The zero-order valence-corrected chi connectivity index (χ0v) is 14.3. The predicted molar refractivity (Wildman–Crippen MR) is 94.9 cm³/mol. The average Bonchev–Trinajstić information content (AvgIpc) is 3.16. The van der Waals surface area contributed by atoms with Gasteiger partial charge in [0.2, 0.25) is 0 Å². The van der Waals surface area contributed by atoms with Crippen LogP contribution in [0.1, 0.15) is 31.4 Å². The Kier molecular flexibility index (Phi) is 5.72. The Balaban J connectivity index is 1.75. The Morgan fingerprint density at radius 2 is 2.42 bits per heavy atom. The second-order valence-corrected chi connectivity index (χ2v) is 6.48. The summed E-state index contributed by atoms with van der Waals surface area (Å²) >= 11 is 0. The number of rotatable bonds is 7. The lowest BCUT2D eigenvalue weighted by Gasteiger charge is -2.34. The lowest BCUT2D eigenvalue weighted by molar-refractivity contribution is 0.179. The van der Waals surface area contributed by atoms with Crippen LogP contribution < -0.4 is 5.32 Å². The monoisotopic (exact) mass is 326 g/mol. The summed E-state index contributed by atoms with van der Waals surface area (Å²) in [5, 5.41) is 14.9. The predicted octanol–water partition coefficient (Wildman–Crippen LogP) is 2.21. The molecule has 2 aromatic rings. The Morgan fingerprint density at radius 3 is 3.12 bits per heavy atom. The molecule has 2 heterocycles. The van der Waals surface area contributed by atoms with E-state index in [1.54, 1.807) is 11.0 Å². The van der Waals surface area contributed by atoms with Crippen molar-refractivity contribution in [2.24, 2.45) is 5.92 Å². The smallest absolute Gasteiger partial charge is 0.143 e. The second-order valence-electron chi connectivity index (χ2n) is 6.48. The molecule has 0 bridgehead atoms. The fraction of sp³-hybridized carbons (Fsp3) is 0.500. The molecule has 3 rings (SSSR count).